The van der Waals surface area contributed by atoms with Crippen LogP contribution in [0.2, 0.25) is 0 Å². The van der Waals surface area contributed by atoms with Crippen LogP contribution in [0.15, 0.2) is 28.8 Å². The summed E-state index contributed by atoms with van der Waals surface area (Å²) in [6, 6.07) is 7.70. The molecule has 0 fully saturated rings. The Bertz CT molecular complexity index is 559. The highest BCUT2D eigenvalue weighted by molar-refractivity contribution is 6.05. The molecule has 2 rings (SSSR count). The summed E-state index contributed by atoms with van der Waals surface area (Å²) in [5.41, 5.74) is 3.02. The summed E-state index contributed by atoms with van der Waals surface area (Å²) in [5, 5.41) is 9.68. The van der Waals surface area contributed by atoms with Gasteiger partial charge in [0.1, 0.15) is 11.3 Å². The second-order valence-corrected chi connectivity index (χ2v) is 4.38. The minimum Gasteiger partial charge on any atom is -0.361 e. The molecule has 2 aromatic rings. The Balaban J connectivity index is 0.00000200. The summed E-state index contributed by atoms with van der Waals surface area (Å²) in [7, 11) is 1.90. The molecule has 0 radical (unpaired) electrons. The standard InChI is InChI=1S/C14H17N3O2.ClH/c1-9-13(10(2)19-17-9)14(18)16-12-6-4-11(5-7-12)8-15-3;/h4-7,15H,8H2,1-3H3,(H,16,18);1H. The van der Waals surface area contributed by atoms with E-state index in [1.54, 1.807) is 13.8 Å². The van der Waals surface area contributed by atoms with Crippen molar-refractivity contribution in [3.05, 3.63) is 46.8 Å². The number of aryl methyl sites for hydroxylation is 2. The van der Waals surface area contributed by atoms with E-state index in [1.165, 1.54) is 0 Å². The van der Waals surface area contributed by atoms with Crippen molar-refractivity contribution in [2.24, 2.45) is 0 Å². The van der Waals surface area contributed by atoms with Crippen molar-refractivity contribution in [2.45, 2.75) is 20.4 Å². The molecule has 1 heterocycles. The normalized spacial score (nSPS) is 9.95. The Kier molecular flexibility index (Phi) is 5.73. The fraction of sp³-hybridized carbons (Fsp3) is 0.286. The predicted molar refractivity (Wildman–Crippen MR) is 80.4 cm³/mol. The second kappa shape index (κ2) is 7.07. The number of carbonyl (C=O) groups is 1. The number of rotatable bonds is 4. The number of nitrogens with one attached hydrogen (secondary N) is 2. The number of nitrogens with zero attached hydrogens (tertiary/aromatic N) is 1. The average Bonchev–Trinajstić information content (AvgIpc) is 2.72. The fourth-order valence-corrected chi connectivity index (χ4v) is 1.91. The first-order valence-corrected chi connectivity index (χ1v) is 6.09. The van der Waals surface area contributed by atoms with Crippen LogP contribution in [0.3, 0.4) is 0 Å². The third-order valence-electron chi connectivity index (χ3n) is 2.85. The average molecular weight is 296 g/mol. The molecule has 0 aliphatic heterocycles. The highest BCUT2D eigenvalue weighted by atomic mass is 35.5. The Morgan fingerprint density at radius 3 is 2.40 bits per heavy atom. The lowest BCUT2D eigenvalue weighted by Crippen LogP contribution is -2.13. The van der Waals surface area contributed by atoms with E-state index in [-0.39, 0.29) is 18.3 Å². The highest BCUT2D eigenvalue weighted by Crippen LogP contribution is 2.16. The number of hydrogen-bond donors (Lipinski definition) is 2. The molecule has 0 bridgehead atoms. The number of aromatic nitrogens is 1. The molecular formula is C14H18ClN3O2. The van der Waals surface area contributed by atoms with Crippen molar-refractivity contribution < 1.29 is 9.32 Å². The number of halogens is 1. The van der Waals surface area contributed by atoms with Crippen LogP contribution < -0.4 is 10.6 Å². The van der Waals surface area contributed by atoms with Gasteiger partial charge in [0.25, 0.3) is 5.91 Å². The summed E-state index contributed by atoms with van der Waals surface area (Å²) in [5.74, 6) is 0.333. The molecule has 5 nitrogen and oxygen atoms in total. The quantitative estimate of drug-likeness (QED) is 0.910. The largest absolute Gasteiger partial charge is 0.361 e. The van der Waals surface area contributed by atoms with Crippen LogP contribution in [-0.2, 0) is 6.54 Å². The lowest BCUT2D eigenvalue weighted by atomic mass is 10.1. The summed E-state index contributed by atoms with van der Waals surface area (Å²) < 4.78 is 4.99. The van der Waals surface area contributed by atoms with E-state index in [0.29, 0.717) is 17.0 Å². The number of carbonyl (C=O) groups excluding carboxylic acids is 1. The first-order chi connectivity index (χ1) is 9.11. The van der Waals surface area contributed by atoms with Gasteiger partial charge in [0.05, 0.1) is 5.69 Å². The van der Waals surface area contributed by atoms with Crippen LogP contribution in [0, 0.1) is 13.8 Å². The SMILES string of the molecule is CNCc1ccc(NC(=O)c2c(C)noc2C)cc1.Cl. The molecule has 1 aromatic heterocycles. The maximum atomic E-state index is 12.1. The summed E-state index contributed by atoms with van der Waals surface area (Å²) >= 11 is 0. The van der Waals surface area contributed by atoms with Gasteiger partial charge in [-0.15, -0.1) is 12.4 Å². The van der Waals surface area contributed by atoms with E-state index in [9.17, 15) is 4.79 Å². The monoisotopic (exact) mass is 295 g/mol. The molecule has 0 saturated carbocycles. The van der Waals surface area contributed by atoms with Gasteiger partial charge in [0, 0.05) is 12.2 Å². The molecule has 0 aliphatic rings. The zero-order chi connectivity index (χ0) is 13.8. The second-order valence-electron chi connectivity index (χ2n) is 4.38. The van der Waals surface area contributed by atoms with Gasteiger partial charge in [-0.25, -0.2) is 0 Å². The molecule has 1 amide bonds. The maximum absolute atomic E-state index is 12.1. The molecule has 1 aromatic carbocycles. The van der Waals surface area contributed by atoms with Crippen molar-refractivity contribution in [2.75, 3.05) is 12.4 Å². The van der Waals surface area contributed by atoms with Crippen molar-refractivity contribution in [3.63, 3.8) is 0 Å². The van der Waals surface area contributed by atoms with E-state index in [1.807, 2.05) is 31.3 Å². The fourth-order valence-electron chi connectivity index (χ4n) is 1.91. The van der Waals surface area contributed by atoms with Crippen LogP contribution in [0.5, 0.6) is 0 Å². The van der Waals surface area contributed by atoms with Gasteiger partial charge >= 0.3 is 0 Å². The molecule has 2 N–H and O–H groups in total. The van der Waals surface area contributed by atoms with Gasteiger partial charge in [-0.1, -0.05) is 17.3 Å². The molecule has 0 unspecified atom stereocenters. The Morgan fingerprint density at radius 1 is 1.25 bits per heavy atom. The lowest BCUT2D eigenvalue weighted by molar-refractivity contribution is 0.102. The number of anilines is 1. The van der Waals surface area contributed by atoms with E-state index < -0.39 is 0 Å². The van der Waals surface area contributed by atoms with Gasteiger partial charge in [0.15, 0.2) is 0 Å². The van der Waals surface area contributed by atoms with Gasteiger partial charge in [-0.05, 0) is 38.6 Å². The van der Waals surface area contributed by atoms with Crippen LogP contribution in [0.1, 0.15) is 27.4 Å². The number of benzene rings is 1. The van der Waals surface area contributed by atoms with Crippen LogP contribution in [0.4, 0.5) is 5.69 Å². The number of amides is 1. The molecule has 20 heavy (non-hydrogen) atoms. The number of hydrogen-bond acceptors (Lipinski definition) is 4. The maximum Gasteiger partial charge on any atom is 0.261 e. The third-order valence-corrected chi connectivity index (χ3v) is 2.85. The van der Waals surface area contributed by atoms with Gasteiger partial charge in [0.2, 0.25) is 0 Å². The van der Waals surface area contributed by atoms with Gasteiger partial charge < -0.3 is 15.2 Å². The summed E-state index contributed by atoms with van der Waals surface area (Å²) in [4.78, 5) is 12.1. The van der Waals surface area contributed by atoms with Gasteiger partial charge in [-0.2, -0.15) is 0 Å². The molecule has 0 saturated heterocycles. The zero-order valence-corrected chi connectivity index (χ0v) is 12.5. The minimum atomic E-state index is -0.197. The summed E-state index contributed by atoms with van der Waals surface area (Å²) in [6.45, 7) is 4.28. The van der Waals surface area contributed by atoms with Crippen LogP contribution >= 0.6 is 12.4 Å². The first kappa shape index (κ1) is 16.2. The summed E-state index contributed by atoms with van der Waals surface area (Å²) in [6.07, 6.45) is 0. The van der Waals surface area contributed by atoms with Crippen molar-refractivity contribution >= 4 is 24.0 Å². The highest BCUT2D eigenvalue weighted by Gasteiger charge is 2.17. The molecule has 0 aliphatic carbocycles. The molecule has 0 spiro atoms. The molecule has 108 valence electrons. The smallest absolute Gasteiger partial charge is 0.261 e. The van der Waals surface area contributed by atoms with E-state index in [0.717, 1.165) is 17.8 Å². The lowest BCUT2D eigenvalue weighted by Gasteiger charge is -2.06. The topological polar surface area (TPSA) is 67.2 Å². The van der Waals surface area contributed by atoms with Crippen LogP contribution in [0.25, 0.3) is 0 Å². The first-order valence-electron chi connectivity index (χ1n) is 6.09. The van der Waals surface area contributed by atoms with Gasteiger partial charge in [-0.3, -0.25) is 4.79 Å². The van der Waals surface area contributed by atoms with Crippen LogP contribution in [-0.4, -0.2) is 18.1 Å². The van der Waals surface area contributed by atoms with Crippen molar-refractivity contribution in [1.82, 2.24) is 10.5 Å². The molecule has 6 heteroatoms. The van der Waals surface area contributed by atoms with E-state index >= 15 is 0 Å². The zero-order valence-electron chi connectivity index (χ0n) is 11.7. The Labute approximate surface area is 124 Å². The minimum absolute atomic E-state index is 0. The Hall–Kier alpha value is -1.85. The van der Waals surface area contributed by atoms with Crippen molar-refractivity contribution in [1.29, 1.82) is 0 Å². The molecule has 0 atom stereocenters. The molecular weight excluding hydrogens is 278 g/mol. The van der Waals surface area contributed by atoms with E-state index in [2.05, 4.69) is 15.8 Å². The van der Waals surface area contributed by atoms with E-state index in [4.69, 9.17) is 4.52 Å². The third kappa shape index (κ3) is 3.59. The predicted octanol–water partition coefficient (Wildman–Crippen LogP) is 2.68. The Morgan fingerprint density at radius 2 is 1.90 bits per heavy atom. The van der Waals surface area contributed by atoms with Crippen molar-refractivity contribution in [3.8, 4) is 0 Å².